The molecule has 0 aromatic heterocycles. The van der Waals surface area contributed by atoms with Crippen LogP contribution in [0.5, 0.6) is 5.75 Å². The van der Waals surface area contributed by atoms with Crippen LogP contribution in [0.4, 0.5) is 0 Å². The van der Waals surface area contributed by atoms with Gasteiger partial charge in [-0.3, -0.25) is 4.79 Å². The Morgan fingerprint density at radius 2 is 2.19 bits per heavy atom. The van der Waals surface area contributed by atoms with Crippen LogP contribution in [0, 0.1) is 0 Å². The molecular formula is C11H17ClN2O2. The average Bonchev–Trinajstić information content (AvgIpc) is 2.25. The van der Waals surface area contributed by atoms with Crippen LogP contribution in [0.15, 0.2) is 24.3 Å². The number of hydrogen-bond acceptors (Lipinski definition) is 3. The molecule has 90 valence electrons. The monoisotopic (exact) mass is 244 g/mol. The average molecular weight is 245 g/mol. The summed E-state index contributed by atoms with van der Waals surface area (Å²) in [6.45, 7) is 2.35. The lowest BCUT2D eigenvalue weighted by Gasteiger charge is -2.12. The van der Waals surface area contributed by atoms with E-state index in [9.17, 15) is 9.90 Å². The Labute approximate surface area is 101 Å². The molecule has 16 heavy (non-hydrogen) atoms. The number of amides is 1. The maximum atomic E-state index is 11.2. The summed E-state index contributed by atoms with van der Waals surface area (Å²) >= 11 is 0. The first-order chi connectivity index (χ1) is 7.13. The predicted molar refractivity (Wildman–Crippen MR) is 65.7 cm³/mol. The molecule has 5 heteroatoms. The lowest BCUT2D eigenvalue weighted by molar-refractivity contribution is -0.122. The van der Waals surface area contributed by atoms with Gasteiger partial charge in [-0.05, 0) is 24.6 Å². The Kier molecular flexibility index (Phi) is 6.53. The molecule has 3 N–H and O–H groups in total. The number of carbonyl (C=O) groups is 1. The molecule has 1 aromatic rings. The summed E-state index contributed by atoms with van der Waals surface area (Å²) in [6, 6.07) is 6.72. The van der Waals surface area contributed by atoms with E-state index in [1.54, 1.807) is 32.2 Å². The second-order valence-electron chi connectivity index (χ2n) is 3.39. The number of hydrogen-bond donors (Lipinski definition) is 3. The predicted octanol–water partition coefficient (Wildman–Crippen LogP) is 1.04. The van der Waals surface area contributed by atoms with E-state index in [0.29, 0.717) is 6.54 Å². The van der Waals surface area contributed by atoms with Gasteiger partial charge < -0.3 is 15.7 Å². The largest absolute Gasteiger partial charge is 0.508 e. The van der Waals surface area contributed by atoms with E-state index in [1.165, 1.54) is 0 Å². The minimum absolute atomic E-state index is 0. The van der Waals surface area contributed by atoms with Crippen molar-refractivity contribution < 1.29 is 9.90 Å². The molecule has 0 radical (unpaired) electrons. The van der Waals surface area contributed by atoms with Gasteiger partial charge in [0.15, 0.2) is 0 Å². The van der Waals surface area contributed by atoms with Crippen molar-refractivity contribution in [3.63, 3.8) is 0 Å². The summed E-state index contributed by atoms with van der Waals surface area (Å²) in [5, 5.41) is 14.8. The third-order valence-corrected chi connectivity index (χ3v) is 2.16. The van der Waals surface area contributed by atoms with Crippen LogP contribution in [0.3, 0.4) is 0 Å². The van der Waals surface area contributed by atoms with Crippen LogP contribution in [0.2, 0.25) is 0 Å². The Morgan fingerprint density at radius 3 is 2.75 bits per heavy atom. The van der Waals surface area contributed by atoms with Crippen molar-refractivity contribution in [3.05, 3.63) is 29.8 Å². The quantitative estimate of drug-likeness (QED) is 0.742. The van der Waals surface area contributed by atoms with Gasteiger partial charge in [0, 0.05) is 13.6 Å². The number of likely N-dealkylation sites (N-methyl/N-ethyl adjacent to an activating group) is 1. The molecule has 4 nitrogen and oxygen atoms in total. The molecule has 0 spiro atoms. The van der Waals surface area contributed by atoms with E-state index < -0.39 is 0 Å². The lowest BCUT2D eigenvalue weighted by Crippen LogP contribution is -2.40. The standard InChI is InChI=1S/C11H16N2O2.ClH/c1-8(11(15)12-2)13-7-9-4-3-5-10(14)6-9;/h3-6,8,13-14H,7H2,1-2H3,(H,12,15);1H/t8-;/m1./s1. The van der Waals surface area contributed by atoms with Crippen LogP contribution in [-0.2, 0) is 11.3 Å². The minimum Gasteiger partial charge on any atom is -0.508 e. The number of phenolic OH excluding ortho intramolecular Hbond substituents is 1. The SMILES string of the molecule is CNC(=O)[C@@H](C)NCc1cccc(O)c1.Cl. The minimum atomic E-state index is -0.239. The second kappa shape index (κ2) is 7.09. The molecule has 0 aliphatic rings. The third kappa shape index (κ3) is 4.51. The molecule has 0 aliphatic carbocycles. The molecule has 0 aliphatic heterocycles. The van der Waals surface area contributed by atoms with Gasteiger partial charge in [0.05, 0.1) is 6.04 Å². The molecule has 1 atom stereocenters. The Morgan fingerprint density at radius 1 is 1.50 bits per heavy atom. The Bertz CT molecular complexity index is 345. The molecule has 0 bridgehead atoms. The molecule has 0 saturated carbocycles. The summed E-state index contributed by atoms with van der Waals surface area (Å²) in [4.78, 5) is 11.2. The van der Waals surface area contributed by atoms with Crippen molar-refractivity contribution in [2.24, 2.45) is 0 Å². The summed E-state index contributed by atoms with van der Waals surface area (Å²) in [7, 11) is 1.61. The van der Waals surface area contributed by atoms with Crippen LogP contribution < -0.4 is 10.6 Å². The summed E-state index contributed by atoms with van der Waals surface area (Å²) in [5.74, 6) is 0.192. The van der Waals surface area contributed by atoms with Gasteiger partial charge in [-0.1, -0.05) is 12.1 Å². The van der Waals surface area contributed by atoms with Gasteiger partial charge in [-0.2, -0.15) is 0 Å². The molecule has 0 saturated heterocycles. The maximum absolute atomic E-state index is 11.2. The molecule has 0 heterocycles. The first kappa shape index (κ1) is 14.7. The van der Waals surface area contributed by atoms with Crippen LogP contribution >= 0.6 is 12.4 Å². The normalized spacial score (nSPS) is 11.4. The van der Waals surface area contributed by atoms with Gasteiger partial charge in [-0.15, -0.1) is 12.4 Å². The van der Waals surface area contributed by atoms with Crippen molar-refractivity contribution in [1.29, 1.82) is 0 Å². The number of benzene rings is 1. The zero-order valence-corrected chi connectivity index (χ0v) is 10.2. The van der Waals surface area contributed by atoms with E-state index in [2.05, 4.69) is 10.6 Å². The first-order valence-corrected chi connectivity index (χ1v) is 4.86. The van der Waals surface area contributed by atoms with Crippen LogP contribution in [-0.4, -0.2) is 24.1 Å². The third-order valence-electron chi connectivity index (χ3n) is 2.16. The fraction of sp³-hybridized carbons (Fsp3) is 0.364. The fourth-order valence-corrected chi connectivity index (χ4v) is 1.25. The van der Waals surface area contributed by atoms with Gasteiger partial charge >= 0.3 is 0 Å². The number of phenols is 1. The van der Waals surface area contributed by atoms with Crippen molar-refractivity contribution in [3.8, 4) is 5.75 Å². The van der Waals surface area contributed by atoms with E-state index in [1.807, 2.05) is 6.07 Å². The number of aromatic hydroxyl groups is 1. The number of carbonyl (C=O) groups excluding carboxylic acids is 1. The topological polar surface area (TPSA) is 61.4 Å². The van der Waals surface area contributed by atoms with E-state index >= 15 is 0 Å². The second-order valence-corrected chi connectivity index (χ2v) is 3.39. The van der Waals surface area contributed by atoms with Gasteiger partial charge in [0.25, 0.3) is 0 Å². The Balaban J connectivity index is 0.00000225. The zero-order chi connectivity index (χ0) is 11.3. The summed E-state index contributed by atoms with van der Waals surface area (Å²) in [5.41, 5.74) is 0.950. The van der Waals surface area contributed by atoms with E-state index in [-0.39, 0.29) is 30.1 Å². The first-order valence-electron chi connectivity index (χ1n) is 4.86. The van der Waals surface area contributed by atoms with Crippen molar-refractivity contribution in [2.45, 2.75) is 19.5 Å². The van der Waals surface area contributed by atoms with Crippen molar-refractivity contribution >= 4 is 18.3 Å². The highest BCUT2D eigenvalue weighted by Gasteiger charge is 2.09. The zero-order valence-electron chi connectivity index (χ0n) is 9.36. The van der Waals surface area contributed by atoms with E-state index in [4.69, 9.17) is 0 Å². The van der Waals surface area contributed by atoms with Gasteiger partial charge in [0.2, 0.25) is 5.91 Å². The van der Waals surface area contributed by atoms with Crippen LogP contribution in [0.25, 0.3) is 0 Å². The number of nitrogens with one attached hydrogen (secondary N) is 2. The van der Waals surface area contributed by atoms with Gasteiger partial charge in [-0.25, -0.2) is 0 Å². The highest BCUT2D eigenvalue weighted by molar-refractivity contribution is 5.85. The highest BCUT2D eigenvalue weighted by atomic mass is 35.5. The van der Waals surface area contributed by atoms with Crippen LogP contribution in [0.1, 0.15) is 12.5 Å². The molecule has 0 unspecified atom stereocenters. The molecule has 0 fully saturated rings. The smallest absolute Gasteiger partial charge is 0.236 e. The molecule has 1 amide bonds. The van der Waals surface area contributed by atoms with Gasteiger partial charge in [0.1, 0.15) is 5.75 Å². The Hall–Kier alpha value is -1.26. The molecule has 1 aromatic carbocycles. The lowest BCUT2D eigenvalue weighted by atomic mass is 10.2. The van der Waals surface area contributed by atoms with Crippen molar-refractivity contribution in [2.75, 3.05) is 7.05 Å². The van der Waals surface area contributed by atoms with Crippen molar-refractivity contribution in [1.82, 2.24) is 10.6 Å². The number of rotatable bonds is 4. The summed E-state index contributed by atoms with van der Waals surface area (Å²) in [6.07, 6.45) is 0. The fourth-order valence-electron chi connectivity index (χ4n) is 1.25. The molecule has 1 rings (SSSR count). The van der Waals surface area contributed by atoms with E-state index in [0.717, 1.165) is 5.56 Å². The number of halogens is 1. The highest BCUT2D eigenvalue weighted by Crippen LogP contribution is 2.10. The molecular weight excluding hydrogens is 228 g/mol. The summed E-state index contributed by atoms with van der Waals surface area (Å²) < 4.78 is 0. The maximum Gasteiger partial charge on any atom is 0.236 e.